The standard InChI is InChI=1S/C16H22N2O/c1-4-16(5-2,13-17)15(19)18(6-3)12-14-10-8-7-9-11-14/h7-11H,4-6,12H2,1-3H3. The highest BCUT2D eigenvalue weighted by molar-refractivity contribution is 5.85. The molecule has 0 atom stereocenters. The quantitative estimate of drug-likeness (QED) is 0.785. The Morgan fingerprint density at radius 3 is 2.21 bits per heavy atom. The summed E-state index contributed by atoms with van der Waals surface area (Å²) in [7, 11) is 0. The van der Waals surface area contributed by atoms with Crippen LogP contribution in [0.15, 0.2) is 30.3 Å². The molecule has 3 nitrogen and oxygen atoms in total. The Morgan fingerprint density at radius 1 is 1.21 bits per heavy atom. The molecule has 0 fully saturated rings. The van der Waals surface area contributed by atoms with Gasteiger partial charge in [-0.3, -0.25) is 4.79 Å². The molecule has 0 N–H and O–H groups in total. The molecule has 0 bridgehead atoms. The van der Waals surface area contributed by atoms with Gasteiger partial charge in [0, 0.05) is 13.1 Å². The lowest BCUT2D eigenvalue weighted by Gasteiger charge is -2.30. The lowest BCUT2D eigenvalue weighted by molar-refractivity contribution is -0.139. The highest BCUT2D eigenvalue weighted by Gasteiger charge is 2.37. The number of hydrogen-bond donors (Lipinski definition) is 0. The fourth-order valence-electron chi connectivity index (χ4n) is 2.19. The van der Waals surface area contributed by atoms with Gasteiger partial charge in [0.1, 0.15) is 5.41 Å². The second-order valence-electron chi connectivity index (χ2n) is 4.71. The first-order chi connectivity index (χ1) is 9.13. The van der Waals surface area contributed by atoms with E-state index in [1.54, 1.807) is 4.90 Å². The summed E-state index contributed by atoms with van der Waals surface area (Å²) in [4.78, 5) is 14.4. The van der Waals surface area contributed by atoms with Gasteiger partial charge in [0.15, 0.2) is 0 Å². The van der Waals surface area contributed by atoms with Gasteiger partial charge in [-0.05, 0) is 25.3 Å². The first-order valence-corrected chi connectivity index (χ1v) is 6.88. The molecule has 102 valence electrons. The van der Waals surface area contributed by atoms with Crippen LogP contribution in [0.4, 0.5) is 0 Å². The summed E-state index contributed by atoms with van der Waals surface area (Å²) >= 11 is 0. The minimum Gasteiger partial charge on any atom is -0.337 e. The Kier molecular flexibility index (Phi) is 5.57. The van der Waals surface area contributed by atoms with Gasteiger partial charge < -0.3 is 4.90 Å². The lowest BCUT2D eigenvalue weighted by Crippen LogP contribution is -2.42. The van der Waals surface area contributed by atoms with Crippen molar-refractivity contribution in [1.29, 1.82) is 5.26 Å². The van der Waals surface area contributed by atoms with Gasteiger partial charge in [-0.2, -0.15) is 5.26 Å². The van der Waals surface area contributed by atoms with Crippen LogP contribution in [0.3, 0.4) is 0 Å². The van der Waals surface area contributed by atoms with Crippen LogP contribution in [0.1, 0.15) is 39.2 Å². The van der Waals surface area contributed by atoms with E-state index in [0.29, 0.717) is 25.9 Å². The molecule has 0 aliphatic rings. The van der Waals surface area contributed by atoms with Crippen molar-refractivity contribution in [1.82, 2.24) is 4.90 Å². The topological polar surface area (TPSA) is 44.1 Å². The van der Waals surface area contributed by atoms with Crippen molar-refractivity contribution in [3.05, 3.63) is 35.9 Å². The molecule has 1 rings (SSSR count). The Morgan fingerprint density at radius 2 is 1.79 bits per heavy atom. The van der Waals surface area contributed by atoms with Crippen molar-refractivity contribution < 1.29 is 4.79 Å². The third kappa shape index (κ3) is 3.35. The normalized spacial score (nSPS) is 10.8. The molecular formula is C16H22N2O. The summed E-state index contributed by atoms with van der Waals surface area (Å²) in [5.41, 5.74) is 0.224. The largest absolute Gasteiger partial charge is 0.337 e. The molecule has 0 saturated heterocycles. The Balaban J connectivity index is 2.91. The summed E-state index contributed by atoms with van der Waals surface area (Å²) in [6.45, 7) is 6.95. The predicted molar refractivity (Wildman–Crippen MR) is 76.2 cm³/mol. The second-order valence-corrected chi connectivity index (χ2v) is 4.71. The van der Waals surface area contributed by atoms with Crippen LogP contribution in [0, 0.1) is 16.7 Å². The number of carbonyl (C=O) groups is 1. The number of rotatable bonds is 6. The fourth-order valence-corrected chi connectivity index (χ4v) is 2.19. The maximum absolute atomic E-state index is 12.6. The lowest BCUT2D eigenvalue weighted by atomic mass is 9.82. The predicted octanol–water partition coefficient (Wildman–Crippen LogP) is 3.37. The van der Waals surface area contributed by atoms with Gasteiger partial charge in [-0.15, -0.1) is 0 Å². The molecule has 0 radical (unpaired) electrons. The molecular weight excluding hydrogens is 236 g/mol. The van der Waals surface area contributed by atoms with Gasteiger partial charge >= 0.3 is 0 Å². The highest BCUT2D eigenvalue weighted by Crippen LogP contribution is 2.28. The van der Waals surface area contributed by atoms with Crippen LogP contribution in [-0.2, 0) is 11.3 Å². The van der Waals surface area contributed by atoms with Gasteiger partial charge in [0.25, 0.3) is 0 Å². The van der Waals surface area contributed by atoms with Crippen LogP contribution in [0.2, 0.25) is 0 Å². The number of hydrogen-bond acceptors (Lipinski definition) is 2. The molecule has 0 aliphatic heterocycles. The smallest absolute Gasteiger partial charge is 0.243 e. The fraction of sp³-hybridized carbons (Fsp3) is 0.500. The van der Waals surface area contributed by atoms with Crippen molar-refractivity contribution in [2.75, 3.05) is 6.54 Å². The van der Waals surface area contributed by atoms with E-state index >= 15 is 0 Å². The number of carbonyl (C=O) groups excluding carboxylic acids is 1. The first-order valence-electron chi connectivity index (χ1n) is 6.88. The van der Waals surface area contributed by atoms with Crippen LogP contribution >= 0.6 is 0 Å². The molecule has 19 heavy (non-hydrogen) atoms. The van der Waals surface area contributed by atoms with E-state index in [4.69, 9.17) is 0 Å². The summed E-state index contributed by atoms with van der Waals surface area (Å²) in [5, 5.41) is 9.36. The summed E-state index contributed by atoms with van der Waals surface area (Å²) < 4.78 is 0. The average Bonchev–Trinajstić information content (AvgIpc) is 2.48. The van der Waals surface area contributed by atoms with Crippen molar-refractivity contribution in [3.8, 4) is 6.07 Å². The van der Waals surface area contributed by atoms with Gasteiger partial charge in [0.05, 0.1) is 6.07 Å². The van der Waals surface area contributed by atoms with Crippen molar-refractivity contribution in [2.24, 2.45) is 5.41 Å². The van der Waals surface area contributed by atoms with E-state index in [1.807, 2.05) is 51.1 Å². The molecule has 0 unspecified atom stereocenters. The van der Waals surface area contributed by atoms with E-state index in [2.05, 4.69) is 6.07 Å². The van der Waals surface area contributed by atoms with Crippen LogP contribution in [0.25, 0.3) is 0 Å². The maximum Gasteiger partial charge on any atom is 0.243 e. The Bertz CT molecular complexity index is 444. The van der Waals surface area contributed by atoms with E-state index < -0.39 is 5.41 Å². The van der Waals surface area contributed by atoms with Crippen molar-refractivity contribution >= 4 is 5.91 Å². The number of nitrogens with zero attached hydrogens (tertiary/aromatic N) is 2. The molecule has 1 aromatic carbocycles. The summed E-state index contributed by atoms with van der Waals surface area (Å²) in [6, 6.07) is 12.1. The average molecular weight is 258 g/mol. The van der Waals surface area contributed by atoms with Crippen LogP contribution < -0.4 is 0 Å². The summed E-state index contributed by atoms with van der Waals surface area (Å²) in [5.74, 6) is -0.0497. The molecule has 0 aromatic heterocycles. The molecule has 0 spiro atoms. The van der Waals surface area contributed by atoms with Crippen molar-refractivity contribution in [3.63, 3.8) is 0 Å². The molecule has 0 aliphatic carbocycles. The maximum atomic E-state index is 12.6. The first kappa shape index (κ1) is 15.2. The number of benzene rings is 1. The summed E-state index contributed by atoms with van der Waals surface area (Å²) in [6.07, 6.45) is 1.12. The van der Waals surface area contributed by atoms with E-state index in [9.17, 15) is 10.1 Å². The zero-order valence-corrected chi connectivity index (χ0v) is 12.0. The molecule has 0 saturated carbocycles. The number of amides is 1. The molecule has 1 aromatic rings. The third-order valence-corrected chi connectivity index (χ3v) is 3.72. The van der Waals surface area contributed by atoms with Gasteiger partial charge in [0.2, 0.25) is 5.91 Å². The molecule has 0 heterocycles. The second kappa shape index (κ2) is 6.94. The van der Waals surface area contributed by atoms with E-state index in [-0.39, 0.29) is 5.91 Å². The van der Waals surface area contributed by atoms with E-state index in [1.165, 1.54) is 0 Å². The molecule has 1 amide bonds. The Labute approximate surface area is 115 Å². The van der Waals surface area contributed by atoms with E-state index in [0.717, 1.165) is 5.56 Å². The third-order valence-electron chi connectivity index (χ3n) is 3.72. The zero-order valence-electron chi connectivity index (χ0n) is 12.0. The minimum atomic E-state index is -0.870. The van der Waals surface area contributed by atoms with Crippen molar-refractivity contribution in [2.45, 2.75) is 40.2 Å². The van der Waals surface area contributed by atoms with Gasteiger partial charge in [-0.25, -0.2) is 0 Å². The zero-order chi connectivity index (χ0) is 14.3. The molecule has 3 heteroatoms. The van der Waals surface area contributed by atoms with Crippen LogP contribution in [-0.4, -0.2) is 17.4 Å². The monoisotopic (exact) mass is 258 g/mol. The number of nitriles is 1. The highest BCUT2D eigenvalue weighted by atomic mass is 16.2. The van der Waals surface area contributed by atoms with Crippen LogP contribution in [0.5, 0.6) is 0 Å². The van der Waals surface area contributed by atoms with Gasteiger partial charge in [-0.1, -0.05) is 44.2 Å². The SMILES string of the molecule is CCN(Cc1ccccc1)C(=O)C(C#N)(CC)CC. The minimum absolute atomic E-state index is 0.0497. The Hall–Kier alpha value is -1.82.